The third-order valence-corrected chi connectivity index (χ3v) is 4.04. The van der Waals surface area contributed by atoms with Gasteiger partial charge in [0.25, 0.3) is 5.91 Å². The number of piperidine rings is 1. The van der Waals surface area contributed by atoms with Crippen LogP contribution in [0.25, 0.3) is 11.3 Å². The van der Waals surface area contributed by atoms with Crippen LogP contribution in [0.3, 0.4) is 0 Å². The number of hydrogen-bond acceptors (Lipinski definition) is 3. The number of nitrogens with zero attached hydrogens (tertiary/aromatic N) is 1. The van der Waals surface area contributed by atoms with Crippen molar-refractivity contribution in [1.82, 2.24) is 20.8 Å². The van der Waals surface area contributed by atoms with Crippen molar-refractivity contribution in [2.75, 3.05) is 6.54 Å². The van der Waals surface area contributed by atoms with Gasteiger partial charge in [-0.15, -0.1) is 0 Å². The van der Waals surface area contributed by atoms with Crippen molar-refractivity contribution in [1.29, 1.82) is 0 Å². The molecule has 116 valence electrons. The van der Waals surface area contributed by atoms with Crippen LogP contribution in [0.2, 0.25) is 0 Å². The monoisotopic (exact) mass is 302 g/mol. The maximum absolute atomic E-state index is 12.9. The highest BCUT2D eigenvalue weighted by molar-refractivity contribution is 5.93. The molecule has 1 aromatic carbocycles. The fourth-order valence-electron chi connectivity index (χ4n) is 2.69. The van der Waals surface area contributed by atoms with Crippen molar-refractivity contribution in [3.05, 3.63) is 41.8 Å². The van der Waals surface area contributed by atoms with Gasteiger partial charge in [0.2, 0.25) is 0 Å². The molecular formula is C16H19FN4O. The summed E-state index contributed by atoms with van der Waals surface area (Å²) in [5.41, 5.74) is 1.81. The van der Waals surface area contributed by atoms with Gasteiger partial charge in [-0.3, -0.25) is 9.89 Å². The van der Waals surface area contributed by atoms with Crippen molar-refractivity contribution < 1.29 is 9.18 Å². The first kappa shape index (κ1) is 14.7. The number of H-pyrrole nitrogens is 1. The molecule has 2 atom stereocenters. The zero-order chi connectivity index (χ0) is 15.5. The van der Waals surface area contributed by atoms with Crippen LogP contribution < -0.4 is 10.6 Å². The normalized spacial score (nSPS) is 21.5. The second-order valence-electron chi connectivity index (χ2n) is 5.64. The molecule has 3 N–H and O–H groups in total. The predicted molar refractivity (Wildman–Crippen MR) is 81.9 cm³/mol. The molecule has 5 nitrogen and oxygen atoms in total. The summed E-state index contributed by atoms with van der Waals surface area (Å²) < 4.78 is 12.9. The van der Waals surface area contributed by atoms with Crippen molar-refractivity contribution in [3.8, 4) is 11.3 Å². The van der Waals surface area contributed by atoms with E-state index in [1.807, 2.05) is 0 Å². The number of carbonyl (C=O) groups excluding carboxylic acids is 1. The van der Waals surface area contributed by atoms with E-state index in [-0.39, 0.29) is 23.8 Å². The lowest BCUT2D eigenvalue weighted by Gasteiger charge is -2.30. The number of rotatable bonds is 3. The van der Waals surface area contributed by atoms with Crippen molar-refractivity contribution >= 4 is 5.91 Å². The zero-order valence-electron chi connectivity index (χ0n) is 12.4. The molecule has 2 heterocycles. The third-order valence-electron chi connectivity index (χ3n) is 4.04. The highest BCUT2D eigenvalue weighted by Crippen LogP contribution is 2.18. The van der Waals surface area contributed by atoms with Gasteiger partial charge >= 0.3 is 0 Å². The van der Waals surface area contributed by atoms with E-state index in [1.54, 1.807) is 18.2 Å². The third kappa shape index (κ3) is 3.17. The Morgan fingerprint density at radius 2 is 2.14 bits per heavy atom. The van der Waals surface area contributed by atoms with E-state index in [1.165, 1.54) is 12.1 Å². The number of hydrogen-bond donors (Lipinski definition) is 3. The van der Waals surface area contributed by atoms with E-state index in [2.05, 4.69) is 27.8 Å². The van der Waals surface area contributed by atoms with E-state index in [0.29, 0.717) is 11.4 Å². The van der Waals surface area contributed by atoms with Gasteiger partial charge in [-0.05, 0) is 56.6 Å². The molecule has 1 aliphatic heterocycles. The van der Waals surface area contributed by atoms with Gasteiger partial charge in [0, 0.05) is 17.6 Å². The lowest BCUT2D eigenvalue weighted by Crippen LogP contribution is -2.51. The van der Waals surface area contributed by atoms with Gasteiger partial charge in [-0.25, -0.2) is 4.39 Å². The molecule has 0 spiro atoms. The maximum Gasteiger partial charge on any atom is 0.269 e. The second kappa shape index (κ2) is 6.27. The maximum atomic E-state index is 12.9. The first-order valence-corrected chi connectivity index (χ1v) is 7.49. The average Bonchev–Trinajstić information content (AvgIpc) is 3.00. The van der Waals surface area contributed by atoms with Crippen LogP contribution in [0.4, 0.5) is 4.39 Å². The van der Waals surface area contributed by atoms with Gasteiger partial charge < -0.3 is 10.6 Å². The summed E-state index contributed by atoms with van der Waals surface area (Å²) in [7, 11) is 0. The first-order valence-electron chi connectivity index (χ1n) is 7.49. The van der Waals surface area contributed by atoms with E-state index in [4.69, 9.17) is 0 Å². The Hall–Kier alpha value is -2.21. The molecule has 22 heavy (non-hydrogen) atoms. The van der Waals surface area contributed by atoms with Crippen molar-refractivity contribution in [2.24, 2.45) is 0 Å². The Kier molecular flexibility index (Phi) is 4.20. The Morgan fingerprint density at radius 1 is 1.36 bits per heavy atom. The minimum absolute atomic E-state index is 0.124. The lowest BCUT2D eigenvalue weighted by atomic mass is 10.00. The SMILES string of the molecule is CC1NCCCC1NC(=O)c1cc(-c2ccc(F)cc2)n[nH]1. The Balaban J connectivity index is 1.70. The van der Waals surface area contributed by atoms with Crippen LogP contribution in [0.15, 0.2) is 30.3 Å². The Labute approximate surface area is 128 Å². The predicted octanol–water partition coefficient (Wildman–Crippen LogP) is 2.09. The van der Waals surface area contributed by atoms with Crippen molar-refractivity contribution in [3.63, 3.8) is 0 Å². The smallest absolute Gasteiger partial charge is 0.269 e. The molecule has 3 rings (SSSR count). The van der Waals surface area contributed by atoms with E-state index in [9.17, 15) is 9.18 Å². The van der Waals surface area contributed by atoms with Gasteiger partial charge in [-0.2, -0.15) is 5.10 Å². The van der Waals surface area contributed by atoms with E-state index < -0.39 is 0 Å². The van der Waals surface area contributed by atoms with E-state index >= 15 is 0 Å². The van der Waals surface area contributed by atoms with Crippen LogP contribution in [0, 0.1) is 5.82 Å². The number of halogens is 1. The highest BCUT2D eigenvalue weighted by Gasteiger charge is 2.23. The lowest BCUT2D eigenvalue weighted by molar-refractivity contribution is 0.0914. The van der Waals surface area contributed by atoms with Gasteiger partial charge in [0.15, 0.2) is 0 Å². The topological polar surface area (TPSA) is 69.8 Å². The van der Waals surface area contributed by atoms with Gasteiger partial charge in [0.1, 0.15) is 11.5 Å². The Morgan fingerprint density at radius 3 is 2.86 bits per heavy atom. The van der Waals surface area contributed by atoms with E-state index in [0.717, 1.165) is 24.9 Å². The molecule has 0 radical (unpaired) electrons. The molecule has 1 aliphatic rings. The van der Waals surface area contributed by atoms with Crippen LogP contribution in [0.1, 0.15) is 30.3 Å². The van der Waals surface area contributed by atoms with Crippen LogP contribution in [0.5, 0.6) is 0 Å². The quantitative estimate of drug-likeness (QED) is 0.813. The number of aromatic amines is 1. The number of benzene rings is 1. The zero-order valence-corrected chi connectivity index (χ0v) is 12.4. The molecule has 6 heteroatoms. The first-order chi connectivity index (χ1) is 10.6. The molecule has 2 aromatic rings. The number of carbonyl (C=O) groups is 1. The van der Waals surface area contributed by atoms with Gasteiger partial charge in [-0.1, -0.05) is 0 Å². The minimum atomic E-state index is -0.295. The van der Waals surface area contributed by atoms with Gasteiger partial charge in [0.05, 0.1) is 5.69 Å². The number of amides is 1. The summed E-state index contributed by atoms with van der Waals surface area (Å²) in [5.74, 6) is -0.461. The summed E-state index contributed by atoms with van der Waals surface area (Å²) in [6.45, 7) is 3.06. The summed E-state index contributed by atoms with van der Waals surface area (Å²) in [6.07, 6.45) is 2.03. The standard InChI is InChI=1S/C16H19FN4O/c1-10-13(3-2-8-18-10)19-16(22)15-9-14(20-21-15)11-4-6-12(17)7-5-11/h4-7,9-10,13,18H,2-3,8H2,1H3,(H,19,22)(H,20,21). The van der Waals surface area contributed by atoms with Crippen LogP contribution in [-0.4, -0.2) is 34.7 Å². The summed E-state index contributed by atoms with van der Waals surface area (Å²) in [5, 5.41) is 13.2. The van der Waals surface area contributed by atoms with Crippen LogP contribution >= 0.6 is 0 Å². The molecule has 0 saturated carbocycles. The molecular weight excluding hydrogens is 283 g/mol. The minimum Gasteiger partial charge on any atom is -0.346 e. The number of aromatic nitrogens is 2. The van der Waals surface area contributed by atoms with Crippen molar-refractivity contribution in [2.45, 2.75) is 31.8 Å². The van der Waals surface area contributed by atoms with Crippen LogP contribution in [-0.2, 0) is 0 Å². The molecule has 1 fully saturated rings. The summed E-state index contributed by atoms with van der Waals surface area (Å²) in [4.78, 5) is 12.3. The molecule has 1 aromatic heterocycles. The molecule has 1 amide bonds. The molecule has 2 unspecified atom stereocenters. The Bertz CT molecular complexity index is 652. The average molecular weight is 302 g/mol. The summed E-state index contributed by atoms with van der Waals surface area (Å²) >= 11 is 0. The fourth-order valence-corrected chi connectivity index (χ4v) is 2.69. The molecule has 0 bridgehead atoms. The highest BCUT2D eigenvalue weighted by atomic mass is 19.1. The molecule has 1 saturated heterocycles. The number of nitrogens with one attached hydrogen (secondary N) is 3. The second-order valence-corrected chi connectivity index (χ2v) is 5.64. The fraction of sp³-hybridized carbons (Fsp3) is 0.375. The summed E-state index contributed by atoms with van der Waals surface area (Å²) in [6, 6.07) is 8.10. The molecule has 0 aliphatic carbocycles. The largest absolute Gasteiger partial charge is 0.346 e.